The minimum Gasteiger partial charge on any atom is -0.486 e. The van der Waals surface area contributed by atoms with Gasteiger partial charge in [0.15, 0.2) is 11.6 Å². The highest BCUT2D eigenvalue weighted by molar-refractivity contribution is 7.09. The third-order valence-electron chi connectivity index (χ3n) is 4.47. The van der Waals surface area contributed by atoms with Crippen LogP contribution in [0.3, 0.4) is 0 Å². The molecule has 4 aromatic rings. The molecule has 0 atom stereocenters. The zero-order valence-corrected chi connectivity index (χ0v) is 18.9. The van der Waals surface area contributed by atoms with Crippen molar-refractivity contribution in [1.82, 2.24) is 15.3 Å². The first-order valence-corrected chi connectivity index (χ1v) is 11.3. The average Bonchev–Trinajstić information content (AvgIpc) is 3.27. The van der Waals surface area contributed by atoms with E-state index < -0.39 is 5.82 Å². The van der Waals surface area contributed by atoms with E-state index in [0.717, 1.165) is 5.01 Å². The highest BCUT2D eigenvalue weighted by Crippen LogP contribution is 2.24. The summed E-state index contributed by atoms with van der Waals surface area (Å²) < 4.78 is 25.5. The number of carbonyl (C=O) groups is 1. The van der Waals surface area contributed by atoms with Gasteiger partial charge in [-0.25, -0.2) is 9.37 Å². The van der Waals surface area contributed by atoms with Crippen LogP contribution in [0.1, 0.15) is 16.3 Å². The standard InChI is InChI=1S/C24H19ClFN3O3S/c25-17-4-6-19(7-5-17)31-14-24-29-18(15-33-24)11-23(30)28-12-16-3-8-22(21(26)10-16)32-20-2-1-9-27-13-20/h1-10,13,15H,11-12,14H2,(H,28,30). The Morgan fingerprint density at radius 3 is 2.73 bits per heavy atom. The van der Waals surface area contributed by atoms with Gasteiger partial charge in [-0.05, 0) is 54.1 Å². The van der Waals surface area contributed by atoms with Crippen LogP contribution in [0, 0.1) is 5.82 Å². The van der Waals surface area contributed by atoms with Crippen LogP contribution in [0.15, 0.2) is 72.4 Å². The molecule has 2 heterocycles. The van der Waals surface area contributed by atoms with Crippen LogP contribution in [0.2, 0.25) is 5.02 Å². The van der Waals surface area contributed by atoms with Crippen molar-refractivity contribution in [2.24, 2.45) is 0 Å². The van der Waals surface area contributed by atoms with Gasteiger partial charge in [-0.1, -0.05) is 17.7 Å². The average molecular weight is 484 g/mol. The van der Waals surface area contributed by atoms with Gasteiger partial charge in [-0.2, -0.15) is 0 Å². The normalized spacial score (nSPS) is 10.6. The largest absolute Gasteiger partial charge is 0.486 e. The molecule has 0 aliphatic rings. The number of rotatable bonds is 9. The molecular weight excluding hydrogens is 465 g/mol. The summed E-state index contributed by atoms with van der Waals surface area (Å²) in [6.07, 6.45) is 3.24. The van der Waals surface area contributed by atoms with Crippen LogP contribution in [0.25, 0.3) is 0 Å². The van der Waals surface area contributed by atoms with E-state index in [-0.39, 0.29) is 24.6 Å². The third-order valence-corrected chi connectivity index (χ3v) is 5.59. The molecule has 2 aromatic carbocycles. The Morgan fingerprint density at radius 1 is 1.12 bits per heavy atom. The molecule has 2 aromatic heterocycles. The minimum atomic E-state index is -0.518. The van der Waals surface area contributed by atoms with Crippen LogP contribution >= 0.6 is 22.9 Å². The Bertz CT molecular complexity index is 1220. The van der Waals surface area contributed by atoms with Crippen molar-refractivity contribution in [1.29, 1.82) is 0 Å². The molecule has 0 bridgehead atoms. The quantitative estimate of drug-likeness (QED) is 0.337. The molecule has 0 radical (unpaired) electrons. The van der Waals surface area contributed by atoms with Gasteiger partial charge in [-0.3, -0.25) is 9.78 Å². The summed E-state index contributed by atoms with van der Waals surface area (Å²) in [6, 6.07) is 15.0. The summed E-state index contributed by atoms with van der Waals surface area (Å²) in [4.78, 5) is 20.6. The smallest absolute Gasteiger partial charge is 0.226 e. The van der Waals surface area contributed by atoms with Crippen molar-refractivity contribution in [2.75, 3.05) is 0 Å². The number of ether oxygens (including phenoxy) is 2. The summed E-state index contributed by atoms with van der Waals surface area (Å²) in [7, 11) is 0. The maximum absolute atomic E-state index is 14.3. The van der Waals surface area contributed by atoms with Crippen LogP contribution in [0.4, 0.5) is 4.39 Å². The van der Waals surface area contributed by atoms with E-state index in [1.54, 1.807) is 48.7 Å². The zero-order valence-electron chi connectivity index (χ0n) is 17.3. The molecule has 9 heteroatoms. The maximum atomic E-state index is 14.3. The number of hydrogen-bond acceptors (Lipinski definition) is 6. The number of benzene rings is 2. The summed E-state index contributed by atoms with van der Waals surface area (Å²) in [5.41, 5.74) is 1.27. The van der Waals surface area contributed by atoms with Gasteiger partial charge in [0, 0.05) is 23.1 Å². The molecule has 0 spiro atoms. The van der Waals surface area contributed by atoms with Gasteiger partial charge in [0.2, 0.25) is 5.91 Å². The van der Waals surface area contributed by atoms with Crippen molar-refractivity contribution >= 4 is 28.8 Å². The summed E-state index contributed by atoms with van der Waals surface area (Å²) in [5, 5.41) is 6.01. The van der Waals surface area contributed by atoms with Crippen molar-refractivity contribution in [3.05, 3.63) is 99.5 Å². The molecule has 0 aliphatic carbocycles. The molecule has 0 saturated carbocycles. The second-order valence-electron chi connectivity index (χ2n) is 6.98. The van der Waals surface area contributed by atoms with Gasteiger partial charge in [0.1, 0.15) is 23.1 Å². The molecular formula is C24H19ClFN3O3S. The Hall–Kier alpha value is -3.49. The fourth-order valence-electron chi connectivity index (χ4n) is 2.87. The monoisotopic (exact) mass is 483 g/mol. The Morgan fingerprint density at radius 2 is 1.97 bits per heavy atom. The predicted molar refractivity (Wildman–Crippen MR) is 124 cm³/mol. The summed E-state index contributed by atoms with van der Waals surface area (Å²) in [6.45, 7) is 0.500. The van der Waals surface area contributed by atoms with Gasteiger partial charge in [0.05, 0.1) is 18.3 Å². The molecule has 1 N–H and O–H groups in total. The van der Waals surface area contributed by atoms with Crippen LogP contribution < -0.4 is 14.8 Å². The maximum Gasteiger partial charge on any atom is 0.226 e. The first kappa shape index (κ1) is 22.7. The lowest BCUT2D eigenvalue weighted by Crippen LogP contribution is -2.24. The van der Waals surface area contributed by atoms with Gasteiger partial charge in [0.25, 0.3) is 0 Å². The van der Waals surface area contributed by atoms with Gasteiger partial charge >= 0.3 is 0 Å². The highest BCUT2D eigenvalue weighted by Gasteiger charge is 2.10. The van der Waals surface area contributed by atoms with E-state index in [2.05, 4.69) is 15.3 Å². The Balaban J connectivity index is 1.24. The molecule has 1 amide bonds. The lowest BCUT2D eigenvalue weighted by molar-refractivity contribution is -0.120. The SMILES string of the molecule is O=C(Cc1csc(COc2ccc(Cl)cc2)n1)NCc1ccc(Oc2cccnc2)c(F)c1. The minimum absolute atomic E-state index is 0.0916. The molecule has 0 saturated heterocycles. The van der Waals surface area contributed by atoms with Crippen molar-refractivity contribution in [2.45, 2.75) is 19.6 Å². The number of aromatic nitrogens is 2. The predicted octanol–water partition coefficient (Wildman–Crippen LogP) is 5.56. The Kier molecular flexibility index (Phi) is 7.49. The lowest BCUT2D eigenvalue weighted by atomic mass is 10.2. The van der Waals surface area contributed by atoms with E-state index in [9.17, 15) is 9.18 Å². The van der Waals surface area contributed by atoms with E-state index in [1.807, 2.05) is 5.38 Å². The number of nitrogens with one attached hydrogen (secondary N) is 1. The summed E-state index contributed by atoms with van der Waals surface area (Å²) >= 11 is 7.28. The van der Waals surface area contributed by atoms with E-state index in [1.165, 1.54) is 29.7 Å². The fourth-order valence-corrected chi connectivity index (χ4v) is 3.70. The van der Waals surface area contributed by atoms with Gasteiger partial charge in [-0.15, -0.1) is 11.3 Å². The van der Waals surface area contributed by atoms with Gasteiger partial charge < -0.3 is 14.8 Å². The first-order valence-electron chi connectivity index (χ1n) is 10.00. The van der Waals surface area contributed by atoms with Crippen LogP contribution in [-0.4, -0.2) is 15.9 Å². The Labute approximate surface area is 199 Å². The number of halogens is 2. The van der Waals surface area contributed by atoms with E-state index in [0.29, 0.717) is 34.4 Å². The third kappa shape index (κ3) is 6.74. The molecule has 33 heavy (non-hydrogen) atoms. The number of thiazole rings is 1. The first-order chi connectivity index (χ1) is 16.0. The highest BCUT2D eigenvalue weighted by atomic mass is 35.5. The molecule has 0 aliphatic heterocycles. The number of pyridine rings is 1. The number of hydrogen-bond donors (Lipinski definition) is 1. The topological polar surface area (TPSA) is 73.3 Å². The molecule has 0 unspecified atom stereocenters. The fraction of sp³-hybridized carbons (Fsp3) is 0.125. The number of nitrogens with zero attached hydrogens (tertiary/aromatic N) is 2. The molecule has 168 valence electrons. The van der Waals surface area contributed by atoms with Crippen molar-refractivity contribution < 1.29 is 18.7 Å². The van der Waals surface area contributed by atoms with E-state index >= 15 is 0 Å². The molecule has 6 nitrogen and oxygen atoms in total. The van der Waals surface area contributed by atoms with Crippen LogP contribution in [-0.2, 0) is 24.4 Å². The lowest BCUT2D eigenvalue weighted by Gasteiger charge is -2.09. The van der Waals surface area contributed by atoms with Crippen molar-refractivity contribution in [3.63, 3.8) is 0 Å². The molecule has 0 fully saturated rings. The van der Waals surface area contributed by atoms with E-state index in [4.69, 9.17) is 21.1 Å². The second kappa shape index (κ2) is 10.9. The zero-order chi connectivity index (χ0) is 23.0. The second-order valence-corrected chi connectivity index (χ2v) is 8.36. The molecule has 4 rings (SSSR count). The summed E-state index contributed by atoms with van der Waals surface area (Å²) in [5.74, 6) is 0.502. The number of amides is 1. The van der Waals surface area contributed by atoms with Crippen molar-refractivity contribution in [3.8, 4) is 17.2 Å². The number of carbonyl (C=O) groups excluding carboxylic acids is 1. The van der Waals surface area contributed by atoms with Crippen LogP contribution in [0.5, 0.6) is 17.2 Å².